The van der Waals surface area contributed by atoms with Crippen LogP contribution in [0.3, 0.4) is 0 Å². The molecule has 1 unspecified atom stereocenters. The number of hydrogen-bond donors (Lipinski definition) is 1. The third-order valence-electron chi connectivity index (χ3n) is 2.80. The lowest BCUT2D eigenvalue weighted by molar-refractivity contribution is 0.382. The smallest absolute Gasteiger partial charge is 0.244 e. The van der Waals surface area contributed by atoms with Gasteiger partial charge in [-0.25, -0.2) is 13.4 Å². The van der Waals surface area contributed by atoms with E-state index in [-0.39, 0.29) is 10.9 Å². The van der Waals surface area contributed by atoms with E-state index in [1.165, 1.54) is 22.6 Å². The topological polar surface area (TPSA) is 76.3 Å². The van der Waals surface area contributed by atoms with Crippen LogP contribution < -0.4 is 5.73 Å². The zero-order valence-electron chi connectivity index (χ0n) is 10.8. The van der Waals surface area contributed by atoms with Crippen LogP contribution >= 0.6 is 11.8 Å². The Hall–Kier alpha value is -0.790. The first-order valence-electron chi connectivity index (χ1n) is 5.58. The summed E-state index contributed by atoms with van der Waals surface area (Å²) in [5.41, 5.74) is 5.45. The van der Waals surface area contributed by atoms with Crippen LogP contribution in [0.2, 0.25) is 0 Å². The van der Waals surface area contributed by atoms with Crippen molar-refractivity contribution in [3.63, 3.8) is 0 Å². The highest BCUT2D eigenvalue weighted by molar-refractivity contribution is 7.98. The molecular weight excluding hydrogens is 270 g/mol. The fourth-order valence-corrected chi connectivity index (χ4v) is 3.33. The van der Waals surface area contributed by atoms with Gasteiger partial charge < -0.3 is 5.73 Å². The Bertz CT molecular complexity index is 474. The Morgan fingerprint density at radius 1 is 1.50 bits per heavy atom. The molecule has 0 radical (unpaired) electrons. The van der Waals surface area contributed by atoms with E-state index in [1.54, 1.807) is 18.8 Å². The van der Waals surface area contributed by atoms with Gasteiger partial charge in [-0.15, -0.1) is 0 Å². The van der Waals surface area contributed by atoms with Crippen molar-refractivity contribution in [2.45, 2.75) is 24.3 Å². The highest BCUT2D eigenvalue weighted by Gasteiger charge is 2.25. The zero-order chi connectivity index (χ0) is 13.8. The van der Waals surface area contributed by atoms with E-state index >= 15 is 0 Å². The molecule has 7 heteroatoms. The van der Waals surface area contributed by atoms with Crippen LogP contribution in [0.15, 0.2) is 23.2 Å². The number of anilines is 1. The summed E-state index contributed by atoms with van der Waals surface area (Å²) in [5.74, 6) is 1.24. The van der Waals surface area contributed by atoms with Crippen LogP contribution in [0, 0.1) is 0 Å². The van der Waals surface area contributed by atoms with E-state index in [2.05, 4.69) is 4.98 Å². The van der Waals surface area contributed by atoms with E-state index in [9.17, 15) is 8.42 Å². The monoisotopic (exact) mass is 289 g/mol. The largest absolute Gasteiger partial charge is 0.384 e. The van der Waals surface area contributed by atoms with Crippen molar-refractivity contribution in [2.75, 3.05) is 24.8 Å². The Morgan fingerprint density at radius 3 is 2.67 bits per heavy atom. The van der Waals surface area contributed by atoms with Gasteiger partial charge in [-0.3, -0.25) is 0 Å². The first-order valence-corrected chi connectivity index (χ1v) is 8.41. The molecule has 5 nitrogen and oxygen atoms in total. The molecule has 0 saturated carbocycles. The normalized spacial score (nSPS) is 13.8. The standard InChI is InChI=1S/C11H19N3O2S2/c1-9(6-7-17-3)14(2)18(15,16)10-4-5-11(12)13-8-10/h4-5,8-9H,6-7H2,1-3H3,(H2,12,13). The Morgan fingerprint density at radius 2 is 2.17 bits per heavy atom. The maximum Gasteiger partial charge on any atom is 0.244 e. The van der Waals surface area contributed by atoms with Gasteiger partial charge >= 0.3 is 0 Å². The third-order valence-corrected chi connectivity index (χ3v) is 5.40. The second-order valence-electron chi connectivity index (χ2n) is 4.07. The Kier molecular flexibility index (Phi) is 5.43. The molecule has 2 N–H and O–H groups in total. The summed E-state index contributed by atoms with van der Waals surface area (Å²) in [4.78, 5) is 3.99. The molecular formula is C11H19N3O2S2. The number of nitrogens with two attached hydrogens (primary N) is 1. The lowest BCUT2D eigenvalue weighted by atomic mass is 10.3. The minimum atomic E-state index is -3.48. The van der Waals surface area contributed by atoms with Gasteiger partial charge in [-0.05, 0) is 37.5 Å². The van der Waals surface area contributed by atoms with Gasteiger partial charge in [0, 0.05) is 19.3 Å². The van der Waals surface area contributed by atoms with Crippen molar-refractivity contribution < 1.29 is 8.42 Å². The van der Waals surface area contributed by atoms with Crippen molar-refractivity contribution in [1.29, 1.82) is 0 Å². The minimum Gasteiger partial charge on any atom is -0.384 e. The van der Waals surface area contributed by atoms with Crippen LogP contribution in [0.1, 0.15) is 13.3 Å². The van der Waals surface area contributed by atoms with Crippen molar-refractivity contribution in [3.05, 3.63) is 18.3 Å². The number of thioether (sulfide) groups is 1. The molecule has 0 bridgehead atoms. The highest BCUT2D eigenvalue weighted by atomic mass is 32.2. The molecule has 1 aromatic heterocycles. The Balaban J connectivity index is 2.89. The fourth-order valence-electron chi connectivity index (χ4n) is 1.42. The van der Waals surface area contributed by atoms with Crippen LogP contribution in [0.25, 0.3) is 0 Å². The van der Waals surface area contributed by atoms with Gasteiger partial charge in [0.2, 0.25) is 10.0 Å². The van der Waals surface area contributed by atoms with Crippen molar-refractivity contribution in [2.24, 2.45) is 0 Å². The second kappa shape index (κ2) is 6.40. The zero-order valence-corrected chi connectivity index (χ0v) is 12.5. The highest BCUT2D eigenvalue weighted by Crippen LogP contribution is 2.18. The number of hydrogen-bond acceptors (Lipinski definition) is 5. The SMILES string of the molecule is CSCCC(C)N(C)S(=O)(=O)c1ccc(N)nc1. The molecule has 1 heterocycles. The maximum atomic E-state index is 12.3. The number of aromatic nitrogens is 1. The summed E-state index contributed by atoms with van der Waals surface area (Å²) in [5, 5.41) is 0. The van der Waals surface area contributed by atoms with E-state index in [0.717, 1.165) is 12.2 Å². The lowest BCUT2D eigenvalue weighted by Crippen LogP contribution is -2.35. The molecule has 0 amide bonds. The third kappa shape index (κ3) is 3.60. The summed E-state index contributed by atoms with van der Waals surface area (Å²) >= 11 is 1.71. The van der Waals surface area contributed by atoms with Gasteiger partial charge in [0.05, 0.1) is 0 Å². The summed E-state index contributed by atoms with van der Waals surface area (Å²) in [6.07, 6.45) is 4.12. The van der Waals surface area contributed by atoms with Gasteiger partial charge in [-0.2, -0.15) is 16.1 Å². The molecule has 1 aromatic rings. The molecule has 0 aliphatic rings. The number of nitrogens with zero attached hydrogens (tertiary/aromatic N) is 2. The van der Waals surface area contributed by atoms with Crippen LogP contribution in [-0.4, -0.2) is 42.8 Å². The fraction of sp³-hybridized carbons (Fsp3) is 0.545. The van der Waals surface area contributed by atoms with Gasteiger partial charge in [0.25, 0.3) is 0 Å². The summed E-state index contributed by atoms with van der Waals surface area (Å²) < 4.78 is 26.0. The average Bonchev–Trinajstić information content (AvgIpc) is 2.35. The lowest BCUT2D eigenvalue weighted by Gasteiger charge is -2.23. The predicted molar refractivity (Wildman–Crippen MR) is 76.1 cm³/mol. The van der Waals surface area contributed by atoms with Gasteiger partial charge in [-0.1, -0.05) is 0 Å². The molecule has 102 valence electrons. The van der Waals surface area contributed by atoms with Crippen molar-refractivity contribution >= 4 is 27.6 Å². The number of rotatable bonds is 6. The summed E-state index contributed by atoms with van der Waals surface area (Å²) in [6.45, 7) is 1.90. The quantitative estimate of drug-likeness (QED) is 0.857. The van der Waals surface area contributed by atoms with E-state index in [1.807, 2.05) is 13.2 Å². The van der Waals surface area contributed by atoms with Gasteiger partial charge in [0.15, 0.2) is 0 Å². The van der Waals surface area contributed by atoms with Crippen molar-refractivity contribution in [1.82, 2.24) is 9.29 Å². The van der Waals surface area contributed by atoms with Crippen LogP contribution in [-0.2, 0) is 10.0 Å². The Labute approximate surface area is 113 Å². The van der Waals surface area contributed by atoms with Gasteiger partial charge in [0.1, 0.15) is 10.7 Å². The molecule has 0 fully saturated rings. The minimum absolute atomic E-state index is 0.0417. The number of sulfonamides is 1. The predicted octanol–water partition coefficient (Wildman–Crippen LogP) is 1.43. The summed E-state index contributed by atoms with van der Waals surface area (Å²) in [6, 6.07) is 2.93. The second-order valence-corrected chi connectivity index (χ2v) is 7.05. The number of nitrogen functional groups attached to an aromatic ring is 1. The molecule has 18 heavy (non-hydrogen) atoms. The van der Waals surface area contributed by atoms with Crippen LogP contribution in [0.5, 0.6) is 0 Å². The first kappa shape index (κ1) is 15.3. The molecule has 0 spiro atoms. The number of pyridine rings is 1. The van der Waals surface area contributed by atoms with E-state index < -0.39 is 10.0 Å². The van der Waals surface area contributed by atoms with E-state index in [0.29, 0.717) is 5.82 Å². The molecule has 1 rings (SSSR count). The summed E-state index contributed by atoms with van der Waals surface area (Å²) in [7, 11) is -1.89. The molecule has 1 atom stereocenters. The molecule has 0 aliphatic carbocycles. The van der Waals surface area contributed by atoms with Crippen molar-refractivity contribution in [3.8, 4) is 0 Å². The maximum absolute atomic E-state index is 12.3. The van der Waals surface area contributed by atoms with Crippen LogP contribution in [0.4, 0.5) is 5.82 Å². The van der Waals surface area contributed by atoms with E-state index in [4.69, 9.17) is 5.73 Å². The average molecular weight is 289 g/mol. The molecule has 0 aliphatic heterocycles. The molecule has 0 saturated heterocycles. The first-order chi connectivity index (χ1) is 8.39. The molecule has 0 aromatic carbocycles.